The maximum Gasteiger partial charge on any atom is 0.223 e. The lowest BCUT2D eigenvalue weighted by Gasteiger charge is -2.16. The smallest absolute Gasteiger partial charge is 0.223 e. The van der Waals surface area contributed by atoms with Crippen molar-refractivity contribution < 1.29 is 14.2 Å². The zero-order valence-corrected chi connectivity index (χ0v) is 15.2. The van der Waals surface area contributed by atoms with Crippen LogP contribution in [0.4, 0.5) is 5.95 Å². The molecule has 2 heterocycles. The van der Waals surface area contributed by atoms with E-state index in [1.807, 2.05) is 0 Å². The number of fused-ring (bicyclic) bond motifs is 1. The quantitative estimate of drug-likeness (QED) is 0.676. The Labute approximate surface area is 153 Å². The lowest BCUT2D eigenvalue weighted by atomic mass is 10.1. The Morgan fingerprint density at radius 2 is 1.80 bits per heavy atom. The highest BCUT2D eigenvalue weighted by atomic mass is 35.5. The van der Waals surface area contributed by atoms with Gasteiger partial charge in [-0.3, -0.25) is 0 Å². The SMILES string of the molecule is COc1cc(Cn2ncc3c(Cl)nc(N)nc32)c(Cl)c(OC)c1OC. The van der Waals surface area contributed by atoms with Crippen molar-refractivity contribution >= 4 is 40.2 Å². The van der Waals surface area contributed by atoms with Gasteiger partial charge in [-0.05, 0) is 11.6 Å². The highest BCUT2D eigenvalue weighted by molar-refractivity contribution is 6.34. The van der Waals surface area contributed by atoms with Crippen molar-refractivity contribution in [3.05, 3.63) is 28.0 Å². The van der Waals surface area contributed by atoms with E-state index in [2.05, 4.69) is 15.1 Å². The summed E-state index contributed by atoms with van der Waals surface area (Å²) in [7, 11) is 4.55. The van der Waals surface area contributed by atoms with Crippen LogP contribution in [0.2, 0.25) is 10.2 Å². The van der Waals surface area contributed by atoms with E-state index >= 15 is 0 Å². The van der Waals surface area contributed by atoms with Gasteiger partial charge < -0.3 is 19.9 Å². The third kappa shape index (κ3) is 2.98. The number of nitrogens with two attached hydrogens (primary N) is 1. The van der Waals surface area contributed by atoms with E-state index in [4.69, 9.17) is 43.1 Å². The number of hydrogen-bond donors (Lipinski definition) is 1. The third-order valence-electron chi connectivity index (χ3n) is 3.63. The Morgan fingerprint density at radius 3 is 2.44 bits per heavy atom. The summed E-state index contributed by atoms with van der Waals surface area (Å²) in [5.41, 5.74) is 6.88. The predicted molar refractivity (Wildman–Crippen MR) is 95.0 cm³/mol. The molecule has 1 aromatic carbocycles. The van der Waals surface area contributed by atoms with E-state index in [0.717, 1.165) is 0 Å². The number of ether oxygens (including phenoxy) is 3. The predicted octanol–water partition coefficient (Wildman–Crippen LogP) is 2.79. The number of methoxy groups -OCH3 is 3. The number of halogens is 2. The molecule has 2 aromatic heterocycles. The second kappa shape index (κ2) is 6.81. The van der Waals surface area contributed by atoms with E-state index in [9.17, 15) is 0 Å². The molecule has 0 aliphatic carbocycles. The van der Waals surface area contributed by atoms with Gasteiger partial charge in [-0.1, -0.05) is 23.2 Å². The van der Waals surface area contributed by atoms with E-state index in [1.165, 1.54) is 21.3 Å². The first-order valence-electron chi connectivity index (χ1n) is 7.12. The number of anilines is 1. The molecule has 132 valence electrons. The fraction of sp³-hybridized carbons (Fsp3) is 0.267. The minimum absolute atomic E-state index is 0.0650. The van der Waals surface area contributed by atoms with Crippen LogP contribution in [0.3, 0.4) is 0 Å². The van der Waals surface area contributed by atoms with Gasteiger partial charge in [0.25, 0.3) is 0 Å². The maximum absolute atomic E-state index is 6.47. The lowest BCUT2D eigenvalue weighted by Crippen LogP contribution is -2.06. The van der Waals surface area contributed by atoms with Crippen molar-refractivity contribution in [3.8, 4) is 17.2 Å². The molecule has 8 nitrogen and oxygen atoms in total. The van der Waals surface area contributed by atoms with Gasteiger partial charge in [0.05, 0.1) is 44.5 Å². The third-order valence-corrected chi connectivity index (χ3v) is 4.33. The molecule has 0 spiro atoms. The Hall–Kier alpha value is -2.45. The number of aromatic nitrogens is 4. The molecule has 2 N–H and O–H groups in total. The van der Waals surface area contributed by atoms with Crippen LogP contribution >= 0.6 is 23.2 Å². The second-order valence-corrected chi connectivity index (χ2v) is 5.77. The summed E-state index contributed by atoms with van der Waals surface area (Å²) in [6, 6.07) is 1.75. The van der Waals surface area contributed by atoms with Crippen LogP contribution in [0.25, 0.3) is 11.0 Å². The van der Waals surface area contributed by atoms with Gasteiger partial charge in [-0.2, -0.15) is 10.1 Å². The molecule has 0 aliphatic rings. The normalized spacial score (nSPS) is 10.9. The van der Waals surface area contributed by atoms with E-state index < -0.39 is 0 Å². The molecule has 0 aliphatic heterocycles. The Bertz CT molecular complexity index is 945. The summed E-state index contributed by atoms with van der Waals surface area (Å²) in [6.07, 6.45) is 1.57. The van der Waals surface area contributed by atoms with Gasteiger partial charge in [-0.25, -0.2) is 9.67 Å². The van der Waals surface area contributed by atoms with Crippen molar-refractivity contribution in [1.82, 2.24) is 19.7 Å². The monoisotopic (exact) mass is 383 g/mol. The van der Waals surface area contributed by atoms with Gasteiger partial charge in [0, 0.05) is 0 Å². The number of benzene rings is 1. The highest BCUT2D eigenvalue weighted by Crippen LogP contribution is 2.44. The molecular weight excluding hydrogens is 369 g/mol. The molecule has 0 amide bonds. The lowest BCUT2D eigenvalue weighted by molar-refractivity contribution is 0.323. The molecule has 25 heavy (non-hydrogen) atoms. The molecule has 0 radical (unpaired) electrons. The van der Waals surface area contributed by atoms with Gasteiger partial charge >= 0.3 is 0 Å². The van der Waals surface area contributed by atoms with Crippen LogP contribution in [0.15, 0.2) is 12.3 Å². The zero-order chi connectivity index (χ0) is 18.1. The number of hydrogen-bond acceptors (Lipinski definition) is 7. The molecule has 0 atom stereocenters. The molecule has 10 heteroatoms. The number of nitrogens with zero attached hydrogens (tertiary/aromatic N) is 4. The van der Waals surface area contributed by atoms with E-state index in [0.29, 0.717) is 45.4 Å². The largest absolute Gasteiger partial charge is 0.493 e. The van der Waals surface area contributed by atoms with Crippen LogP contribution in [-0.2, 0) is 6.54 Å². The molecule has 0 saturated carbocycles. The van der Waals surface area contributed by atoms with Crippen molar-refractivity contribution in [1.29, 1.82) is 0 Å². The fourth-order valence-corrected chi connectivity index (χ4v) is 3.00. The van der Waals surface area contributed by atoms with Crippen molar-refractivity contribution in [2.24, 2.45) is 0 Å². The summed E-state index contributed by atoms with van der Waals surface area (Å²) in [6.45, 7) is 0.297. The molecule has 0 bridgehead atoms. The molecule has 3 rings (SSSR count). The van der Waals surface area contributed by atoms with E-state index in [-0.39, 0.29) is 11.1 Å². The molecule has 3 aromatic rings. The number of nitrogen functional groups attached to an aromatic ring is 1. The summed E-state index contributed by atoms with van der Waals surface area (Å²) < 4.78 is 17.7. The van der Waals surface area contributed by atoms with Gasteiger partial charge in [0.1, 0.15) is 5.15 Å². The maximum atomic E-state index is 6.47. The van der Waals surface area contributed by atoms with Crippen LogP contribution < -0.4 is 19.9 Å². The molecule has 0 saturated heterocycles. The first kappa shape index (κ1) is 17.4. The topological polar surface area (TPSA) is 97.3 Å². The molecule has 0 unspecified atom stereocenters. The van der Waals surface area contributed by atoms with Crippen LogP contribution in [0, 0.1) is 0 Å². The summed E-state index contributed by atoms with van der Waals surface area (Å²) in [5, 5.41) is 5.51. The zero-order valence-electron chi connectivity index (χ0n) is 13.7. The van der Waals surface area contributed by atoms with Gasteiger partial charge in [0.15, 0.2) is 17.1 Å². The van der Waals surface area contributed by atoms with Crippen LogP contribution in [-0.4, -0.2) is 41.1 Å². The standard InChI is InChI=1S/C15H15Cl2N5O3/c1-23-9-4-7(10(16)12(25-3)11(9)24-2)6-22-14-8(5-19-22)13(17)20-15(18)21-14/h4-5H,6H2,1-3H3,(H2,18,20,21). The van der Waals surface area contributed by atoms with Crippen molar-refractivity contribution in [3.63, 3.8) is 0 Å². The summed E-state index contributed by atoms with van der Waals surface area (Å²) >= 11 is 12.5. The van der Waals surface area contributed by atoms with Gasteiger partial charge in [-0.15, -0.1) is 0 Å². The average Bonchev–Trinajstić information content (AvgIpc) is 2.99. The molecule has 0 fully saturated rings. The minimum atomic E-state index is 0.0650. The van der Waals surface area contributed by atoms with Crippen LogP contribution in [0.5, 0.6) is 17.2 Å². The summed E-state index contributed by atoms with van der Waals surface area (Å²) in [5.74, 6) is 1.35. The fourth-order valence-electron chi connectivity index (χ4n) is 2.50. The minimum Gasteiger partial charge on any atom is -0.493 e. The van der Waals surface area contributed by atoms with Crippen molar-refractivity contribution in [2.75, 3.05) is 27.1 Å². The first-order chi connectivity index (χ1) is 12.0. The van der Waals surface area contributed by atoms with Crippen LogP contribution in [0.1, 0.15) is 5.56 Å². The Kier molecular flexibility index (Phi) is 4.73. The Morgan fingerprint density at radius 1 is 1.08 bits per heavy atom. The average molecular weight is 384 g/mol. The Balaban J connectivity index is 2.12. The van der Waals surface area contributed by atoms with E-state index in [1.54, 1.807) is 16.9 Å². The van der Waals surface area contributed by atoms with Gasteiger partial charge in [0.2, 0.25) is 11.7 Å². The molecular formula is C15H15Cl2N5O3. The summed E-state index contributed by atoms with van der Waals surface area (Å²) in [4.78, 5) is 8.11. The number of rotatable bonds is 5. The van der Waals surface area contributed by atoms with Crippen molar-refractivity contribution in [2.45, 2.75) is 6.54 Å². The first-order valence-corrected chi connectivity index (χ1v) is 7.87. The highest BCUT2D eigenvalue weighted by Gasteiger charge is 2.20. The second-order valence-electron chi connectivity index (χ2n) is 5.03.